The average molecular weight is 508 g/mol. The number of rotatable bonds is 5. The molecule has 0 radical (unpaired) electrons. The third kappa shape index (κ3) is 5.55. The minimum Gasteiger partial charge on any atom is -0.164 e. The van der Waals surface area contributed by atoms with E-state index in [-0.39, 0.29) is 0 Å². The van der Waals surface area contributed by atoms with Gasteiger partial charge in [-0.1, -0.05) is 12.1 Å². The summed E-state index contributed by atoms with van der Waals surface area (Å²) in [6, 6.07) is 19.7. The molecule has 5 rings (SSSR count). The van der Waals surface area contributed by atoms with Gasteiger partial charge in [0.15, 0.2) is 0 Å². The van der Waals surface area contributed by atoms with Crippen LogP contribution >= 0.6 is 15.8 Å². The maximum Gasteiger partial charge on any atom is 0.532 e. The monoisotopic (exact) mass is 508 g/mol. The maximum absolute atomic E-state index is 10.7. The van der Waals surface area contributed by atoms with Gasteiger partial charge in [-0.05, 0) is 58.6 Å². The molecule has 0 N–H and O–H groups in total. The van der Waals surface area contributed by atoms with E-state index in [1.54, 1.807) is 0 Å². The Labute approximate surface area is 183 Å². The summed E-state index contributed by atoms with van der Waals surface area (Å²) in [6.45, 7) is 0. The predicted molar refractivity (Wildman–Crippen MR) is 114 cm³/mol. The van der Waals surface area contributed by atoms with Crippen molar-refractivity contribution in [3.05, 3.63) is 97.8 Å². The van der Waals surface area contributed by atoms with Gasteiger partial charge in [0.1, 0.15) is 11.0 Å². The Morgan fingerprint density at radius 1 is 0.636 bits per heavy atom. The molecule has 0 aliphatic carbocycles. The van der Waals surface area contributed by atoms with Crippen LogP contribution in [0.15, 0.2) is 97.8 Å². The van der Waals surface area contributed by atoms with Crippen molar-refractivity contribution in [2.24, 2.45) is 0 Å². The van der Waals surface area contributed by atoms with Crippen LogP contribution in [0.2, 0.25) is 0 Å². The SMILES string of the molecule is F[P-](F)(F)(F)(F)F.c1ccc2c(c1)nnn2O[P+](n1cccc1)(n1cccc1)n1cccc1. The molecule has 5 aromatic rings. The Morgan fingerprint density at radius 3 is 1.45 bits per heavy atom. The number of benzene rings is 1. The summed E-state index contributed by atoms with van der Waals surface area (Å²) >= 11 is 0. The minimum atomic E-state index is -10.7. The van der Waals surface area contributed by atoms with Gasteiger partial charge in [-0.2, -0.15) is 17.6 Å². The van der Waals surface area contributed by atoms with Gasteiger partial charge in [-0.25, -0.2) is 0 Å². The van der Waals surface area contributed by atoms with E-state index < -0.39 is 15.8 Å². The Balaban J connectivity index is 0.000000325. The molecular weight excluding hydrogens is 492 g/mol. The molecule has 0 spiro atoms. The first-order chi connectivity index (χ1) is 15.3. The standard InChI is InChI=1S/C18H16N6OP.F6P/c1-2-10-18-17(9-1)19-20-24(18)25-26(21-11-3-4-12-21,22-13-5-6-14-22)23-15-7-8-16-23;1-7(2,3,4,5)6/h1-16H;/q+1;-1. The second-order valence-electron chi connectivity index (χ2n) is 6.69. The smallest absolute Gasteiger partial charge is 0.164 e. The average Bonchev–Trinajstić information content (AvgIpc) is 3.53. The van der Waals surface area contributed by atoms with E-state index in [4.69, 9.17) is 4.62 Å². The normalized spacial score (nSPS) is 14.2. The van der Waals surface area contributed by atoms with Crippen LogP contribution in [-0.4, -0.2) is 28.2 Å². The molecule has 0 amide bonds. The van der Waals surface area contributed by atoms with E-state index in [2.05, 4.69) is 23.3 Å². The topological polar surface area (TPSA) is 54.7 Å². The minimum absolute atomic E-state index is 0.790. The van der Waals surface area contributed by atoms with Crippen molar-refractivity contribution in [1.29, 1.82) is 0 Å². The summed E-state index contributed by atoms with van der Waals surface area (Å²) < 4.78 is 72.1. The molecule has 0 aliphatic rings. The number of aromatic nitrogens is 6. The maximum atomic E-state index is 9.87. The molecule has 33 heavy (non-hydrogen) atoms. The largest absolute Gasteiger partial charge is 0.532 e. The van der Waals surface area contributed by atoms with Gasteiger partial charge in [0.25, 0.3) is 0 Å². The van der Waals surface area contributed by atoms with Crippen LogP contribution in [-0.2, 0) is 0 Å². The molecule has 0 atom stereocenters. The molecule has 0 saturated carbocycles. The number of hydrogen-bond donors (Lipinski definition) is 0. The van der Waals surface area contributed by atoms with E-state index >= 15 is 0 Å². The molecular formula is C18H16F6N6OP2. The first kappa shape index (κ1) is 22.9. The van der Waals surface area contributed by atoms with Gasteiger partial charge < -0.3 is 0 Å². The summed E-state index contributed by atoms with van der Waals surface area (Å²) in [5.74, 6) is 0. The van der Waals surface area contributed by atoms with Gasteiger partial charge in [-0.3, -0.25) is 0 Å². The van der Waals surface area contributed by atoms with Crippen molar-refractivity contribution in [1.82, 2.24) is 28.2 Å². The van der Waals surface area contributed by atoms with E-state index in [9.17, 15) is 25.2 Å². The van der Waals surface area contributed by atoms with Gasteiger partial charge in [0, 0.05) is 37.2 Å². The number of para-hydroxylation sites is 1. The molecule has 1 aromatic carbocycles. The fourth-order valence-electron chi connectivity index (χ4n) is 2.99. The third-order valence-corrected chi connectivity index (χ3v) is 7.16. The molecule has 0 fully saturated rings. The van der Waals surface area contributed by atoms with Crippen molar-refractivity contribution in [3.63, 3.8) is 0 Å². The van der Waals surface area contributed by atoms with Crippen molar-refractivity contribution in [3.8, 4) is 0 Å². The van der Waals surface area contributed by atoms with Gasteiger partial charge in [0.05, 0.1) is 0 Å². The van der Waals surface area contributed by atoms with Crippen LogP contribution < -0.4 is 4.62 Å². The Morgan fingerprint density at radius 2 is 1.03 bits per heavy atom. The van der Waals surface area contributed by atoms with Crippen LogP contribution in [0.3, 0.4) is 0 Å². The van der Waals surface area contributed by atoms with E-state index in [0.717, 1.165) is 11.0 Å². The zero-order valence-electron chi connectivity index (χ0n) is 16.5. The van der Waals surface area contributed by atoms with Crippen LogP contribution in [0.25, 0.3) is 11.0 Å². The molecule has 15 heteroatoms. The number of fused-ring (bicyclic) bond motifs is 1. The quantitative estimate of drug-likeness (QED) is 0.190. The second kappa shape index (κ2) is 7.36. The Kier molecular flexibility index (Phi) is 5.10. The fourth-order valence-corrected chi connectivity index (χ4v) is 5.79. The summed E-state index contributed by atoms with van der Waals surface area (Å²) in [4.78, 5) is 1.52. The summed E-state index contributed by atoms with van der Waals surface area (Å²) in [7, 11) is -13.2. The second-order valence-corrected chi connectivity index (χ2v) is 11.2. The molecule has 7 nitrogen and oxygen atoms in total. The van der Waals surface area contributed by atoms with Crippen LogP contribution in [0, 0.1) is 0 Å². The molecule has 176 valence electrons. The van der Waals surface area contributed by atoms with Gasteiger partial charge in [0.2, 0.25) is 0 Å². The summed E-state index contributed by atoms with van der Waals surface area (Å²) in [5, 5.41) is 8.47. The fraction of sp³-hybridized carbons (Fsp3) is 0. The third-order valence-electron chi connectivity index (χ3n) is 4.18. The van der Waals surface area contributed by atoms with Gasteiger partial charge in [-0.15, -0.1) is 5.10 Å². The van der Waals surface area contributed by atoms with Crippen LogP contribution in [0.5, 0.6) is 0 Å². The Hall–Kier alpha value is -3.30. The zero-order valence-corrected chi connectivity index (χ0v) is 18.3. The van der Waals surface area contributed by atoms with Crippen molar-refractivity contribution in [2.75, 3.05) is 0 Å². The molecule has 0 aliphatic heterocycles. The molecule has 4 heterocycles. The molecule has 4 aromatic heterocycles. The van der Waals surface area contributed by atoms with Crippen LogP contribution in [0.1, 0.15) is 0 Å². The predicted octanol–water partition coefficient (Wildman–Crippen LogP) is 6.97. The summed E-state index contributed by atoms with van der Waals surface area (Å²) in [6.07, 6.45) is 12.0. The number of halogens is 6. The van der Waals surface area contributed by atoms with Gasteiger partial charge >= 0.3 is 40.9 Å². The molecule has 0 saturated heterocycles. The first-order valence-corrected chi connectivity index (χ1v) is 12.8. The van der Waals surface area contributed by atoms with E-state index in [0.29, 0.717) is 0 Å². The number of nitrogens with zero attached hydrogens (tertiary/aromatic N) is 6. The van der Waals surface area contributed by atoms with Crippen molar-refractivity contribution >= 4 is 26.8 Å². The Bertz CT molecular complexity index is 1240. The molecule has 0 bridgehead atoms. The first-order valence-electron chi connectivity index (χ1n) is 9.20. The van der Waals surface area contributed by atoms with Crippen molar-refractivity contribution < 1.29 is 29.8 Å². The molecule has 0 unspecified atom stereocenters. The van der Waals surface area contributed by atoms with Crippen molar-refractivity contribution in [2.45, 2.75) is 0 Å². The van der Waals surface area contributed by atoms with E-state index in [1.807, 2.05) is 97.8 Å². The zero-order chi connectivity index (χ0) is 23.8. The number of hydrogen-bond acceptors (Lipinski definition) is 3. The van der Waals surface area contributed by atoms with Crippen LogP contribution in [0.4, 0.5) is 25.2 Å². The van der Waals surface area contributed by atoms with E-state index in [1.165, 1.54) is 4.85 Å². The summed E-state index contributed by atoms with van der Waals surface area (Å²) in [5.41, 5.74) is 1.61.